The van der Waals surface area contributed by atoms with Crippen molar-refractivity contribution >= 4 is 28.7 Å². The SMILES string of the molecule is Cl.N[C@H](CCCO)c1ccc([N+](=O)[O-])s1. The monoisotopic (exact) mass is 252 g/mol. The zero-order chi connectivity index (χ0) is 10.6. The first kappa shape index (κ1) is 14.3. The molecule has 5 nitrogen and oxygen atoms in total. The van der Waals surface area contributed by atoms with Gasteiger partial charge in [-0.1, -0.05) is 11.3 Å². The molecule has 0 bridgehead atoms. The number of halogens is 1. The first-order chi connectivity index (χ1) is 6.65. The molecule has 0 aliphatic rings. The fourth-order valence-electron chi connectivity index (χ4n) is 1.09. The van der Waals surface area contributed by atoms with Gasteiger partial charge in [-0.3, -0.25) is 10.1 Å². The summed E-state index contributed by atoms with van der Waals surface area (Å²) in [5, 5.41) is 19.1. The molecule has 0 spiro atoms. The maximum atomic E-state index is 10.4. The van der Waals surface area contributed by atoms with Crippen LogP contribution in [0, 0.1) is 10.1 Å². The van der Waals surface area contributed by atoms with Crippen LogP contribution in [-0.2, 0) is 0 Å². The van der Waals surface area contributed by atoms with Gasteiger partial charge in [0.1, 0.15) is 0 Å². The molecule has 0 aromatic carbocycles. The number of nitrogens with zero attached hydrogens (tertiary/aromatic N) is 1. The Balaban J connectivity index is 0.00000196. The summed E-state index contributed by atoms with van der Waals surface area (Å²) < 4.78 is 0. The van der Waals surface area contributed by atoms with Crippen LogP contribution in [0.25, 0.3) is 0 Å². The largest absolute Gasteiger partial charge is 0.396 e. The normalized spacial score (nSPS) is 11.9. The number of hydrogen-bond donors (Lipinski definition) is 2. The van der Waals surface area contributed by atoms with Gasteiger partial charge in [0, 0.05) is 23.6 Å². The van der Waals surface area contributed by atoms with Gasteiger partial charge in [0.15, 0.2) is 0 Å². The topological polar surface area (TPSA) is 89.4 Å². The number of rotatable bonds is 5. The van der Waals surface area contributed by atoms with E-state index in [1.807, 2.05) is 0 Å². The minimum absolute atomic E-state index is 0. The van der Waals surface area contributed by atoms with E-state index in [2.05, 4.69) is 0 Å². The van der Waals surface area contributed by atoms with Crippen molar-refractivity contribution in [2.75, 3.05) is 6.61 Å². The Kier molecular flexibility index (Phi) is 6.42. The number of nitrogens with two attached hydrogens (primary N) is 1. The highest BCUT2D eigenvalue weighted by Crippen LogP contribution is 2.29. The molecular formula is C8H13ClN2O3S. The lowest BCUT2D eigenvalue weighted by atomic mass is 10.1. The summed E-state index contributed by atoms with van der Waals surface area (Å²) in [7, 11) is 0. The van der Waals surface area contributed by atoms with E-state index >= 15 is 0 Å². The third-order valence-electron chi connectivity index (χ3n) is 1.83. The molecule has 7 heteroatoms. The maximum absolute atomic E-state index is 10.4. The smallest absolute Gasteiger partial charge is 0.324 e. The van der Waals surface area contributed by atoms with Crippen molar-refractivity contribution in [1.29, 1.82) is 0 Å². The standard InChI is InChI=1S/C8H12N2O3S.ClH/c9-6(2-1-5-11)7-3-4-8(14-7)10(12)13;/h3-4,6,11H,1-2,5,9H2;1H/t6-;/m1./s1. The van der Waals surface area contributed by atoms with Crippen LogP contribution in [0.4, 0.5) is 5.00 Å². The molecule has 3 N–H and O–H groups in total. The molecule has 86 valence electrons. The van der Waals surface area contributed by atoms with Crippen LogP contribution >= 0.6 is 23.7 Å². The second kappa shape index (κ2) is 6.73. The van der Waals surface area contributed by atoms with Gasteiger partial charge >= 0.3 is 5.00 Å². The van der Waals surface area contributed by atoms with Crippen LogP contribution in [0.1, 0.15) is 23.8 Å². The number of aliphatic hydroxyl groups is 1. The van der Waals surface area contributed by atoms with Crippen LogP contribution in [0.15, 0.2) is 12.1 Å². The predicted octanol–water partition coefficient (Wildman–Crippen LogP) is 1.85. The van der Waals surface area contributed by atoms with Crippen LogP contribution in [0.5, 0.6) is 0 Å². The van der Waals surface area contributed by atoms with E-state index in [9.17, 15) is 10.1 Å². The summed E-state index contributed by atoms with van der Waals surface area (Å²) in [6.07, 6.45) is 1.26. The van der Waals surface area contributed by atoms with Crippen molar-refractivity contribution in [2.45, 2.75) is 18.9 Å². The Bertz CT molecular complexity index is 319. The second-order valence-corrected chi connectivity index (χ2v) is 4.00. The minimum Gasteiger partial charge on any atom is -0.396 e. The summed E-state index contributed by atoms with van der Waals surface area (Å²) in [5.74, 6) is 0. The van der Waals surface area contributed by atoms with Crippen molar-refractivity contribution in [3.8, 4) is 0 Å². The molecule has 1 rings (SSSR count). The van der Waals surface area contributed by atoms with Gasteiger partial charge in [-0.15, -0.1) is 12.4 Å². The third kappa shape index (κ3) is 4.13. The number of thiophene rings is 1. The Morgan fingerprint density at radius 2 is 2.27 bits per heavy atom. The lowest BCUT2D eigenvalue weighted by Gasteiger charge is -2.06. The molecular weight excluding hydrogens is 240 g/mol. The highest BCUT2D eigenvalue weighted by Gasteiger charge is 2.14. The fraction of sp³-hybridized carbons (Fsp3) is 0.500. The van der Waals surface area contributed by atoms with E-state index in [1.54, 1.807) is 6.07 Å². The van der Waals surface area contributed by atoms with Crippen LogP contribution in [0.2, 0.25) is 0 Å². The third-order valence-corrected chi connectivity index (χ3v) is 3.00. The van der Waals surface area contributed by atoms with E-state index < -0.39 is 4.92 Å². The highest BCUT2D eigenvalue weighted by atomic mass is 35.5. The summed E-state index contributed by atoms with van der Waals surface area (Å²) in [6, 6.07) is 2.92. The summed E-state index contributed by atoms with van der Waals surface area (Å²) in [4.78, 5) is 10.8. The van der Waals surface area contributed by atoms with E-state index in [4.69, 9.17) is 10.8 Å². The van der Waals surface area contributed by atoms with E-state index in [0.717, 1.165) is 16.2 Å². The van der Waals surface area contributed by atoms with Gasteiger partial charge in [0.2, 0.25) is 0 Å². The Morgan fingerprint density at radius 3 is 2.73 bits per heavy atom. The van der Waals surface area contributed by atoms with Gasteiger partial charge < -0.3 is 10.8 Å². The average Bonchev–Trinajstić information content (AvgIpc) is 2.62. The van der Waals surface area contributed by atoms with Gasteiger partial charge in [-0.05, 0) is 18.9 Å². The molecule has 0 aliphatic heterocycles. The van der Waals surface area contributed by atoms with Gasteiger partial charge in [0.25, 0.3) is 0 Å². The van der Waals surface area contributed by atoms with Crippen molar-refractivity contribution in [1.82, 2.24) is 0 Å². The molecule has 0 fully saturated rings. The van der Waals surface area contributed by atoms with E-state index in [1.165, 1.54) is 6.07 Å². The van der Waals surface area contributed by atoms with E-state index in [0.29, 0.717) is 12.8 Å². The minimum atomic E-state index is -0.424. The molecule has 0 unspecified atom stereocenters. The van der Waals surface area contributed by atoms with Crippen LogP contribution in [-0.4, -0.2) is 16.6 Å². The van der Waals surface area contributed by atoms with Crippen LogP contribution < -0.4 is 5.73 Å². The van der Waals surface area contributed by atoms with Gasteiger partial charge in [0.05, 0.1) is 4.92 Å². The van der Waals surface area contributed by atoms with Crippen molar-refractivity contribution in [3.63, 3.8) is 0 Å². The molecule has 0 radical (unpaired) electrons. The molecule has 1 atom stereocenters. The van der Waals surface area contributed by atoms with Gasteiger partial charge in [-0.2, -0.15) is 0 Å². The summed E-state index contributed by atoms with van der Waals surface area (Å²) >= 11 is 1.09. The van der Waals surface area contributed by atoms with Crippen molar-refractivity contribution in [2.24, 2.45) is 5.73 Å². The lowest BCUT2D eigenvalue weighted by Crippen LogP contribution is -2.08. The molecule has 0 aliphatic carbocycles. The molecule has 15 heavy (non-hydrogen) atoms. The number of aliphatic hydroxyl groups excluding tert-OH is 1. The molecule has 1 aromatic heterocycles. The van der Waals surface area contributed by atoms with Gasteiger partial charge in [-0.25, -0.2) is 0 Å². The number of nitro groups is 1. The number of hydrogen-bond acceptors (Lipinski definition) is 5. The summed E-state index contributed by atoms with van der Waals surface area (Å²) in [6.45, 7) is 0.0984. The Morgan fingerprint density at radius 1 is 1.60 bits per heavy atom. The molecule has 1 aromatic rings. The van der Waals surface area contributed by atoms with Crippen LogP contribution in [0.3, 0.4) is 0 Å². The van der Waals surface area contributed by atoms with Crippen molar-refractivity contribution < 1.29 is 10.0 Å². The lowest BCUT2D eigenvalue weighted by molar-refractivity contribution is -0.380. The predicted molar refractivity (Wildman–Crippen MR) is 61.5 cm³/mol. The highest BCUT2D eigenvalue weighted by molar-refractivity contribution is 7.15. The van der Waals surface area contributed by atoms with Crippen molar-refractivity contribution in [3.05, 3.63) is 27.1 Å². The first-order valence-electron chi connectivity index (χ1n) is 4.25. The molecule has 1 heterocycles. The first-order valence-corrected chi connectivity index (χ1v) is 5.07. The average molecular weight is 253 g/mol. The maximum Gasteiger partial charge on any atom is 0.324 e. The molecule has 0 amide bonds. The molecule has 0 saturated heterocycles. The zero-order valence-corrected chi connectivity index (χ0v) is 9.59. The fourth-order valence-corrected chi connectivity index (χ4v) is 1.95. The summed E-state index contributed by atoms with van der Waals surface area (Å²) in [5.41, 5.74) is 5.77. The Hall–Kier alpha value is -0.690. The second-order valence-electron chi connectivity index (χ2n) is 2.91. The quantitative estimate of drug-likeness (QED) is 0.618. The molecule has 0 saturated carbocycles. The van der Waals surface area contributed by atoms with E-state index in [-0.39, 0.29) is 30.1 Å². The zero-order valence-electron chi connectivity index (χ0n) is 7.96. The Labute approximate surface area is 97.5 Å².